The van der Waals surface area contributed by atoms with Crippen molar-refractivity contribution in [2.75, 3.05) is 0 Å². The van der Waals surface area contributed by atoms with Crippen LogP contribution in [0.1, 0.15) is 52.0 Å². The van der Waals surface area contributed by atoms with E-state index in [2.05, 4.69) is 0 Å². The molecule has 0 fully saturated rings. The maximum Gasteiger partial charge on any atom is 0.340 e. The first-order valence-corrected chi connectivity index (χ1v) is 12.0. The summed E-state index contributed by atoms with van der Waals surface area (Å²) in [5, 5.41) is 3.80. The fourth-order valence-electron chi connectivity index (χ4n) is 5.51. The number of hydrogen-bond donors (Lipinski definition) is 0. The maximum atomic E-state index is 13.1. The van der Waals surface area contributed by atoms with Crippen molar-refractivity contribution >= 4 is 43.9 Å². The predicted octanol–water partition coefficient (Wildman–Crippen LogP) is 7.28. The number of benzene rings is 2. The standard InChI is InChI=1S/C30H26O6/c1-13-8-26(31)36-28-18(6)29-22(10-20(13)28)16(4)23(34-29)7-14(2)27-17(5)21-9-19-15(3)12-33-24(19)11-25(21)35-30(27)32/h8-12,14H,7H2,1-6H3. The molecule has 6 rings (SSSR count). The highest BCUT2D eigenvalue weighted by Gasteiger charge is 2.23. The van der Waals surface area contributed by atoms with Gasteiger partial charge in [-0.05, 0) is 74.9 Å². The largest absolute Gasteiger partial charge is 0.464 e. The summed E-state index contributed by atoms with van der Waals surface area (Å²) in [6.07, 6.45) is 2.24. The van der Waals surface area contributed by atoms with Crippen LogP contribution in [0.25, 0.3) is 43.9 Å². The van der Waals surface area contributed by atoms with Gasteiger partial charge in [-0.1, -0.05) is 6.92 Å². The first-order chi connectivity index (χ1) is 17.1. The molecule has 0 radical (unpaired) electrons. The molecule has 0 aliphatic carbocycles. The second-order valence-electron chi connectivity index (χ2n) is 9.95. The molecule has 6 heteroatoms. The number of aryl methyl sites for hydroxylation is 5. The zero-order valence-electron chi connectivity index (χ0n) is 21.1. The third kappa shape index (κ3) is 3.17. The van der Waals surface area contributed by atoms with Crippen molar-refractivity contribution in [1.29, 1.82) is 0 Å². The quantitative estimate of drug-likeness (QED) is 0.246. The molecular weight excluding hydrogens is 456 g/mol. The summed E-state index contributed by atoms with van der Waals surface area (Å²) in [6, 6.07) is 7.36. The summed E-state index contributed by atoms with van der Waals surface area (Å²) in [4.78, 5) is 25.1. The van der Waals surface area contributed by atoms with E-state index in [1.807, 2.05) is 53.7 Å². The van der Waals surface area contributed by atoms with Crippen LogP contribution in [0.15, 0.2) is 57.8 Å². The van der Waals surface area contributed by atoms with Gasteiger partial charge in [0.1, 0.15) is 28.1 Å². The van der Waals surface area contributed by atoms with Crippen molar-refractivity contribution in [3.63, 3.8) is 0 Å². The lowest BCUT2D eigenvalue weighted by molar-refractivity contribution is 0.502. The molecule has 1 atom stereocenters. The number of hydrogen-bond acceptors (Lipinski definition) is 6. The molecule has 0 spiro atoms. The zero-order chi connectivity index (χ0) is 25.5. The van der Waals surface area contributed by atoms with Gasteiger partial charge in [-0.15, -0.1) is 0 Å². The van der Waals surface area contributed by atoms with Crippen molar-refractivity contribution in [3.05, 3.63) is 90.5 Å². The molecule has 182 valence electrons. The Labute approximate surface area is 206 Å². The molecule has 6 aromatic rings. The van der Waals surface area contributed by atoms with Gasteiger partial charge in [0.05, 0.1) is 6.26 Å². The summed E-state index contributed by atoms with van der Waals surface area (Å²) in [5.74, 6) is 0.663. The Bertz CT molecular complexity index is 1980. The highest BCUT2D eigenvalue weighted by Crippen LogP contribution is 2.37. The summed E-state index contributed by atoms with van der Waals surface area (Å²) in [5.41, 5.74) is 7.04. The molecule has 1 unspecified atom stereocenters. The van der Waals surface area contributed by atoms with Crippen LogP contribution in [0.5, 0.6) is 0 Å². The topological polar surface area (TPSA) is 86.7 Å². The molecule has 0 aliphatic rings. The van der Waals surface area contributed by atoms with E-state index >= 15 is 0 Å². The van der Waals surface area contributed by atoms with Crippen LogP contribution in [0.3, 0.4) is 0 Å². The van der Waals surface area contributed by atoms with E-state index in [1.54, 1.807) is 12.3 Å². The van der Waals surface area contributed by atoms with Gasteiger partial charge in [-0.25, -0.2) is 9.59 Å². The summed E-state index contributed by atoms with van der Waals surface area (Å²) >= 11 is 0. The van der Waals surface area contributed by atoms with Gasteiger partial charge in [0.2, 0.25) is 0 Å². The van der Waals surface area contributed by atoms with E-state index in [0.29, 0.717) is 34.3 Å². The molecule has 0 amide bonds. The average molecular weight is 483 g/mol. The highest BCUT2D eigenvalue weighted by molar-refractivity contribution is 6.00. The van der Waals surface area contributed by atoms with Crippen LogP contribution >= 0.6 is 0 Å². The van der Waals surface area contributed by atoms with E-state index in [1.165, 1.54) is 6.07 Å². The van der Waals surface area contributed by atoms with Crippen molar-refractivity contribution in [2.45, 2.75) is 53.9 Å². The smallest absolute Gasteiger partial charge is 0.340 e. The molecule has 4 heterocycles. The van der Waals surface area contributed by atoms with Crippen LogP contribution in [0.4, 0.5) is 0 Å². The second-order valence-corrected chi connectivity index (χ2v) is 9.95. The molecule has 4 aromatic heterocycles. The molecule has 2 aromatic carbocycles. The average Bonchev–Trinajstić information content (AvgIpc) is 3.33. The van der Waals surface area contributed by atoms with Gasteiger partial charge < -0.3 is 17.7 Å². The highest BCUT2D eigenvalue weighted by atomic mass is 16.4. The third-order valence-corrected chi connectivity index (χ3v) is 7.55. The van der Waals surface area contributed by atoms with Gasteiger partial charge >= 0.3 is 11.3 Å². The van der Waals surface area contributed by atoms with Crippen LogP contribution in [-0.4, -0.2) is 0 Å². The molecule has 0 saturated carbocycles. The number of rotatable bonds is 3. The minimum absolute atomic E-state index is 0.138. The van der Waals surface area contributed by atoms with Gasteiger partial charge in [-0.3, -0.25) is 0 Å². The van der Waals surface area contributed by atoms with E-state index in [0.717, 1.165) is 55.1 Å². The SMILES string of the molecule is Cc1coc2cc3oc(=O)c(C(C)Cc4oc5c(C)c6oc(=O)cc(C)c6cc5c4C)c(C)c3cc12. The monoisotopic (exact) mass is 482 g/mol. The number of fused-ring (bicyclic) bond motifs is 4. The lowest BCUT2D eigenvalue weighted by atomic mass is 9.91. The molecule has 6 nitrogen and oxygen atoms in total. The molecule has 0 aliphatic heterocycles. The van der Waals surface area contributed by atoms with Crippen molar-refractivity contribution < 1.29 is 17.7 Å². The lowest BCUT2D eigenvalue weighted by Gasteiger charge is -2.14. The fraction of sp³-hybridized carbons (Fsp3) is 0.267. The van der Waals surface area contributed by atoms with E-state index in [4.69, 9.17) is 17.7 Å². The van der Waals surface area contributed by atoms with Gasteiger partial charge in [-0.2, -0.15) is 0 Å². The van der Waals surface area contributed by atoms with Crippen LogP contribution in [-0.2, 0) is 6.42 Å². The Hall–Kier alpha value is -4.06. The molecule has 36 heavy (non-hydrogen) atoms. The fourth-order valence-corrected chi connectivity index (χ4v) is 5.51. The molecule has 0 saturated heterocycles. The normalized spacial score (nSPS) is 12.9. The Morgan fingerprint density at radius 1 is 0.694 bits per heavy atom. The zero-order valence-corrected chi connectivity index (χ0v) is 21.1. The van der Waals surface area contributed by atoms with Crippen LogP contribution in [0.2, 0.25) is 0 Å². The minimum atomic E-state index is -0.374. The van der Waals surface area contributed by atoms with E-state index in [9.17, 15) is 9.59 Å². The first kappa shape index (κ1) is 22.4. The van der Waals surface area contributed by atoms with E-state index < -0.39 is 0 Å². The second kappa shape index (κ2) is 7.72. The molecular formula is C30H26O6. The Morgan fingerprint density at radius 3 is 2.19 bits per heavy atom. The maximum absolute atomic E-state index is 13.1. The third-order valence-electron chi connectivity index (χ3n) is 7.55. The summed E-state index contributed by atoms with van der Waals surface area (Å²) in [6.45, 7) is 11.8. The van der Waals surface area contributed by atoms with Gasteiger partial charge in [0, 0.05) is 51.2 Å². The molecule has 0 N–H and O–H groups in total. The first-order valence-electron chi connectivity index (χ1n) is 12.0. The molecule has 0 bridgehead atoms. The Morgan fingerprint density at radius 2 is 1.42 bits per heavy atom. The lowest BCUT2D eigenvalue weighted by Crippen LogP contribution is -2.15. The van der Waals surface area contributed by atoms with Gasteiger partial charge in [0.25, 0.3) is 0 Å². The van der Waals surface area contributed by atoms with E-state index in [-0.39, 0.29) is 17.2 Å². The summed E-state index contributed by atoms with van der Waals surface area (Å²) < 4.78 is 23.2. The minimum Gasteiger partial charge on any atom is -0.464 e. The number of furan rings is 2. The Kier molecular flexibility index (Phi) is 4.80. The summed E-state index contributed by atoms with van der Waals surface area (Å²) in [7, 11) is 0. The van der Waals surface area contributed by atoms with Crippen LogP contribution in [0, 0.1) is 34.6 Å². The van der Waals surface area contributed by atoms with Crippen molar-refractivity contribution in [3.8, 4) is 0 Å². The van der Waals surface area contributed by atoms with Crippen molar-refractivity contribution in [1.82, 2.24) is 0 Å². The Balaban J connectivity index is 1.48. The van der Waals surface area contributed by atoms with Crippen molar-refractivity contribution in [2.24, 2.45) is 0 Å². The predicted molar refractivity (Wildman–Crippen MR) is 140 cm³/mol. The van der Waals surface area contributed by atoms with Gasteiger partial charge in [0.15, 0.2) is 0 Å². The van der Waals surface area contributed by atoms with Crippen LogP contribution < -0.4 is 11.3 Å².